The number of pyridine rings is 1. The summed E-state index contributed by atoms with van der Waals surface area (Å²) < 4.78 is 23.1. The van der Waals surface area contributed by atoms with Crippen molar-refractivity contribution in [3.63, 3.8) is 0 Å². The number of carboxylic acids is 1. The summed E-state index contributed by atoms with van der Waals surface area (Å²) in [6, 6.07) is 16.9. The molecule has 232 valence electrons. The number of nitrogens with zero attached hydrogens (tertiary/aromatic N) is 3. The van der Waals surface area contributed by atoms with Gasteiger partial charge >= 0.3 is 5.97 Å². The Bertz CT molecular complexity index is 1560. The lowest BCUT2D eigenvalue weighted by Gasteiger charge is -2.40. The normalized spacial score (nSPS) is 24.5. The number of anilines is 1. The molecule has 3 fully saturated rings. The fourth-order valence-corrected chi connectivity index (χ4v) is 7.57. The zero-order chi connectivity index (χ0) is 30.4. The van der Waals surface area contributed by atoms with Crippen molar-refractivity contribution in [3.05, 3.63) is 76.3 Å². The van der Waals surface area contributed by atoms with Crippen molar-refractivity contribution in [2.24, 2.45) is 11.3 Å². The molecule has 2 saturated heterocycles. The molecule has 0 bridgehead atoms. The first-order valence-corrected chi connectivity index (χ1v) is 15.6. The molecule has 4 heterocycles. The molecule has 1 unspecified atom stereocenters. The molecule has 9 nitrogen and oxygen atoms in total. The number of methoxy groups -OCH3 is 2. The van der Waals surface area contributed by atoms with Gasteiger partial charge in [-0.05, 0) is 77.8 Å². The van der Waals surface area contributed by atoms with Crippen molar-refractivity contribution in [1.82, 2.24) is 9.88 Å². The maximum Gasteiger partial charge on any atom is 0.312 e. The highest BCUT2D eigenvalue weighted by Gasteiger charge is 2.71. The van der Waals surface area contributed by atoms with Crippen molar-refractivity contribution in [2.45, 2.75) is 51.6 Å². The second-order valence-corrected chi connectivity index (χ2v) is 12.7. The average Bonchev–Trinajstić information content (AvgIpc) is 3.64. The molecule has 0 spiro atoms. The van der Waals surface area contributed by atoms with Gasteiger partial charge in [0.25, 0.3) is 0 Å². The van der Waals surface area contributed by atoms with E-state index in [4.69, 9.17) is 23.9 Å². The van der Waals surface area contributed by atoms with E-state index in [1.165, 1.54) is 16.7 Å². The van der Waals surface area contributed by atoms with Crippen LogP contribution in [0.3, 0.4) is 0 Å². The fourth-order valence-electron chi connectivity index (χ4n) is 7.57. The minimum absolute atomic E-state index is 0.124. The molecule has 0 radical (unpaired) electrons. The summed E-state index contributed by atoms with van der Waals surface area (Å²) in [5, 5.41) is 10.1. The van der Waals surface area contributed by atoms with Crippen molar-refractivity contribution in [1.29, 1.82) is 0 Å². The standard InChI is InChI=1S/C35H41N3O6/c1-22-6-4-7-28(30-8-5-9-32(36-30)38-15-26-14-35(26,34(39)40)31(38)21-42-3)33(22)44-17-23-12-24-10-11-37(27-19-43-20-27)16-29(24)25(13-23)18-41-2/h4-9,12-13,26-27,31H,10-11,14-21H2,1-3H3,(H,39,40)/t26?,31-,35-/m1/s1. The monoisotopic (exact) mass is 599 g/mol. The van der Waals surface area contributed by atoms with Crippen LogP contribution in [0, 0.1) is 18.3 Å². The number of aliphatic carboxylic acids is 1. The highest BCUT2D eigenvalue weighted by atomic mass is 16.5. The van der Waals surface area contributed by atoms with E-state index < -0.39 is 11.4 Å². The summed E-state index contributed by atoms with van der Waals surface area (Å²) in [5.74, 6) is 0.961. The van der Waals surface area contributed by atoms with Crippen LogP contribution in [-0.4, -0.2) is 80.2 Å². The molecular formula is C35H41N3O6. The molecule has 3 aliphatic heterocycles. The van der Waals surface area contributed by atoms with Crippen LogP contribution in [0.2, 0.25) is 0 Å². The topological polar surface area (TPSA) is 93.6 Å². The largest absolute Gasteiger partial charge is 0.488 e. The van der Waals surface area contributed by atoms with Crippen LogP contribution in [-0.2, 0) is 45.2 Å². The Kier molecular flexibility index (Phi) is 7.82. The quantitative estimate of drug-likeness (QED) is 0.343. The van der Waals surface area contributed by atoms with Gasteiger partial charge in [0.15, 0.2) is 0 Å². The van der Waals surface area contributed by atoms with Crippen LogP contribution < -0.4 is 9.64 Å². The van der Waals surface area contributed by atoms with E-state index in [2.05, 4.69) is 34.9 Å². The van der Waals surface area contributed by atoms with Crippen molar-refractivity contribution in [3.8, 4) is 17.0 Å². The number of aromatic nitrogens is 1. The Balaban J connectivity index is 1.14. The number of hydrogen-bond acceptors (Lipinski definition) is 8. The van der Waals surface area contributed by atoms with Crippen LogP contribution >= 0.6 is 0 Å². The third-order valence-electron chi connectivity index (χ3n) is 10.1. The minimum atomic E-state index is -0.744. The summed E-state index contributed by atoms with van der Waals surface area (Å²) in [4.78, 5) is 22.0. The number of benzene rings is 2. The van der Waals surface area contributed by atoms with Gasteiger partial charge in [0.05, 0.1) is 49.6 Å². The number of aryl methyl sites for hydroxylation is 1. The minimum Gasteiger partial charge on any atom is -0.488 e. The van der Waals surface area contributed by atoms with E-state index in [9.17, 15) is 9.90 Å². The van der Waals surface area contributed by atoms with Gasteiger partial charge in [-0.25, -0.2) is 4.98 Å². The van der Waals surface area contributed by atoms with E-state index in [0.29, 0.717) is 38.8 Å². The third-order valence-corrected chi connectivity index (χ3v) is 10.1. The van der Waals surface area contributed by atoms with Crippen LogP contribution in [0.25, 0.3) is 11.3 Å². The molecule has 1 aliphatic carbocycles. The molecule has 0 amide bonds. The Labute approximate surface area is 258 Å². The fraction of sp³-hybridized carbons (Fsp3) is 0.486. The molecule has 1 aromatic heterocycles. The van der Waals surface area contributed by atoms with Gasteiger partial charge in [0.2, 0.25) is 0 Å². The number of ether oxygens (including phenoxy) is 4. The lowest BCUT2D eigenvalue weighted by molar-refractivity contribution is -0.144. The van der Waals surface area contributed by atoms with E-state index in [-0.39, 0.29) is 12.0 Å². The highest BCUT2D eigenvalue weighted by molar-refractivity contribution is 5.82. The summed E-state index contributed by atoms with van der Waals surface area (Å²) in [6.07, 6.45) is 1.71. The number of fused-ring (bicyclic) bond motifs is 2. The van der Waals surface area contributed by atoms with E-state index >= 15 is 0 Å². The molecule has 1 N–H and O–H groups in total. The number of piperidine rings is 1. The third kappa shape index (κ3) is 5.05. The second-order valence-electron chi connectivity index (χ2n) is 12.7. The molecule has 4 aliphatic rings. The number of rotatable bonds is 11. The zero-order valence-electron chi connectivity index (χ0n) is 25.8. The highest BCUT2D eigenvalue weighted by Crippen LogP contribution is 2.62. The van der Waals surface area contributed by atoms with Crippen molar-refractivity contribution >= 4 is 11.8 Å². The molecule has 7 rings (SSSR count). The van der Waals surface area contributed by atoms with Crippen LogP contribution in [0.4, 0.5) is 5.82 Å². The second kappa shape index (κ2) is 11.8. The van der Waals surface area contributed by atoms with E-state index in [1.807, 2.05) is 30.3 Å². The molecular weight excluding hydrogens is 558 g/mol. The maximum absolute atomic E-state index is 12.2. The number of carboxylic acid groups (broad SMARTS) is 1. The molecule has 3 atom stereocenters. The van der Waals surface area contributed by atoms with Gasteiger partial charge in [-0.1, -0.05) is 24.3 Å². The van der Waals surface area contributed by atoms with E-state index in [0.717, 1.165) is 66.7 Å². The average molecular weight is 600 g/mol. The first-order chi connectivity index (χ1) is 21.4. The lowest BCUT2D eigenvalue weighted by atomic mass is 9.91. The first-order valence-electron chi connectivity index (χ1n) is 15.6. The van der Waals surface area contributed by atoms with Crippen LogP contribution in [0.15, 0.2) is 48.5 Å². The molecule has 9 heteroatoms. The Morgan fingerprint density at radius 1 is 1.11 bits per heavy atom. The summed E-state index contributed by atoms with van der Waals surface area (Å²) in [7, 11) is 3.38. The number of para-hydroxylation sites is 1. The smallest absolute Gasteiger partial charge is 0.312 e. The van der Waals surface area contributed by atoms with Gasteiger partial charge in [-0.15, -0.1) is 0 Å². The predicted molar refractivity (Wildman–Crippen MR) is 166 cm³/mol. The lowest BCUT2D eigenvalue weighted by Crippen LogP contribution is -2.50. The van der Waals surface area contributed by atoms with E-state index in [1.54, 1.807) is 14.2 Å². The van der Waals surface area contributed by atoms with Gasteiger partial charge in [0.1, 0.15) is 18.2 Å². The van der Waals surface area contributed by atoms with Crippen molar-refractivity contribution < 1.29 is 28.8 Å². The zero-order valence-corrected chi connectivity index (χ0v) is 25.8. The van der Waals surface area contributed by atoms with Crippen molar-refractivity contribution in [2.75, 3.05) is 52.0 Å². The van der Waals surface area contributed by atoms with Gasteiger partial charge in [0, 0.05) is 39.4 Å². The summed E-state index contributed by atoms with van der Waals surface area (Å²) >= 11 is 0. The first kappa shape index (κ1) is 29.2. The Morgan fingerprint density at radius 3 is 2.70 bits per heavy atom. The molecule has 1 saturated carbocycles. The Morgan fingerprint density at radius 2 is 1.95 bits per heavy atom. The van der Waals surface area contributed by atoms with Crippen LogP contribution in [0.5, 0.6) is 5.75 Å². The summed E-state index contributed by atoms with van der Waals surface area (Å²) in [6.45, 7) is 7.72. The Hall–Kier alpha value is -3.50. The number of carbonyl (C=O) groups is 1. The van der Waals surface area contributed by atoms with Gasteiger partial charge in [-0.3, -0.25) is 9.69 Å². The molecule has 2 aromatic carbocycles. The predicted octanol–water partition coefficient (Wildman–Crippen LogP) is 4.47. The van der Waals surface area contributed by atoms with Gasteiger partial charge in [-0.2, -0.15) is 0 Å². The SMILES string of the molecule is COCc1cc(COc2c(C)cccc2-c2cccc(N3CC4C[C@]4(C(=O)O)[C@H]3COC)n2)cc2c1CN(C1COC1)CC2. The number of hydrogen-bond donors (Lipinski definition) is 1. The summed E-state index contributed by atoms with van der Waals surface area (Å²) in [5.41, 5.74) is 7.11. The van der Waals surface area contributed by atoms with Crippen LogP contribution in [0.1, 0.15) is 34.2 Å². The molecule has 44 heavy (non-hydrogen) atoms. The molecule has 3 aromatic rings. The van der Waals surface area contributed by atoms with Gasteiger partial charge < -0.3 is 29.0 Å². The maximum atomic E-state index is 12.2.